The normalized spacial score (nSPS) is 10.4. The third-order valence-corrected chi connectivity index (χ3v) is 2.43. The fourth-order valence-electron chi connectivity index (χ4n) is 0.956. The van der Waals surface area contributed by atoms with Crippen LogP contribution in [0.15, 0.2) is 34.8 Å². The molecule has 0 aliphatic rings. The van der Waals surface area contributed by atoms with Gasteiger partial charge < -0.3 is 4.74 Å². The lowest BCUT2D eigenvalue weighted by Crippen LogP contribution is -1.98. The number of carbonyl (C=O) groups excluding carboxylic acids is 1. The first-order chi connectivity index (χ1) is 8.15. The van der Waals surface area contributed by atoms with Gasteiger partial charge in [0.25, 0.3) is 0 Å². The van der Waals surface area contributed by atoms with Crippen LogP contribution in [-0.4, -0.2) is 22.5 Å². The highest BCUT2D eigenvalue weighted by Gasteiger charge is 2.13. The lowest BCUT2D eigenvalue weighted by Gasteiger charge is -1.97. The molecule has 0 N–H and O–H groups in total. The summed E-state index contributed by atoms with van der Waals surface area (Å²) in [5, 5.41) is 12.3. The molecule has 1 rings (SSSR count). The van der Waals surface area contributed by atoms with Crippen LogP contribution in [0.2, 0.25) is 0 Å². The van der Waals surface area contributed by atoms with Gasteiger partial charge in [-0.25, -0.2) is 9.78 Å². The molecule has 0 aliphatic heterocycles. The number of aromatic nitrogens is 1. The highest BCUT2D eigenvalue weighted by molar-refractivity contribution is 8.02. The summed E-state index contributed by atoms with van der Waals surface area (Å²) in [5.41, 5.74) is -0.0917. The summed E-state index contributed by atoms with van der Waals surface area (Å²) >= 11 is 0.995. The summed E-state index contributed by atoms with van der Waals surface area (Å²) < 4.78 is 4.66. The van der Waals surface area contributed by atoms with E-state index in [1.54, 1.807) is 6.92 Å². The molecule has 0 spiro atoms. The molecule has 0 amide bonds. The molecule has 90 valence electrons. The van der Waals surface area contributed by atoms with Crippen molar-refractivity contribution in [3.63, 3.8) is 0 Å². The monoisotopic (exact) mass is 254 g/mol. The molecular formula is C10H10N2O4S. The molecule has 0 radical (unpaired) electrons. The van der Waals surface area contributed by atoms with Crippen molar-refractivity contribution in [3.8, 4) is 0 Å². The molecule has 1 aromatic heterocycles. The van der Waals surface area contributed by atoms with E-state index in [0.29, 0.717) is 0 Å². The van der Waals surface area contributed by atoms with E-state index in [1.807, 2.05) is 0 Å². The summed E-state index contributed by atoms with van der Waals surface area (Å²) in [7, 11) is 0. The van der Waals surface area contributed by atoms with Crippen LogP contribution in [0.3, 0.4) is 0 Å². The fourth-order valence-corrected chi connectivity index (χ4v) is 1.65. The number of hydrogen-bond donors (Lipinski definition) is 0. The molecule has 0 saturated heterocycles. The molecule has 0 bridgehead atoms. The van der Waals surface area contributed by atoms with Gasteiger partial charge in [-0.1, -0.05) is 11.8 Å². The zero-order chi connectivity index (χ0) is 12.7. The van der Waals surface area contributed by atoms with Gasteiger partial charge in [-0.05, 0) is 18.4 Å². The highest BCUT2D eigenvalue weighted by atomic mass is 32.2. The third kappa shape index (κ3) is 4.23. The molecule has 1 heterocycles. The van der Waals surface area contributed by atoms with Crippen LogP contribution in [-0.2, 0) is 9.53 Å². The zero-order valence-corrected chi connectivity index (χ0v) is 9.85. The Bertz CT molecular complexity index is 448. The van der Waals surface area contributed by atoms with E-state index < -0.39 is 10.9 Å². The van der Waals surface area contributed by atoms with Crippen molar-refractivity contribution in [3.05, 3.63) is 39.9 Å². The van der Waals surface area contributed by atoms with Crippen molar-refractivity contribution in [2.75, 3.05) is 6.61 Å². The second-order valence-electron chi connectivity index (χ2n) is 2.76. The van der Waals surface area contributed by atoms with Crippen LogP contribution in [0.1, 0.15) is 6.92 Å². The topological polar surface area (TPSA) is 82.3 Å². The largest absolute Gasteiger partial charge is 0.463 e. The van der Waals surface area contributed by atoms with Crippen molar-refractivity contribution in [1.82, 2.24) is 4.98 Å². The average Bonchev–Trinajstić information content (AvgIpc) is 2.30. The van der Waals surface area contributed by atoms with Crippen molar-refractivity contribution >= 4 is 23.4 Å². The fraction of sp³-hybridized carbons (Fsp3) is 0.200. The van der Waals surface area contributed by atoms with Gasteiger partial charge in [0.1, 0.15) is 0 Å². The minimum atomic E-state index is -0.520. The van der Waals surface area contributed by atoms with Gasteiger partial charge in [0.2, 0.25) is 0 Å². The van der Waals surface area contributed by atoms with Gasteiger partial charge >= 0.3 is 11.7 Å². The van der Waals surface area contributed by atoms with E-state index in [-0.39, 0.29) is 17.3 Å². The Kier molecular flexibility index (Phi) is 5.15. The van der Waals surface area contributed by atoms with Crippen LogP contribution in [0.4, 0.5) is 5.69 Å². The number of pyridine rings is 1. The SMILES string of the molecule is CCOC(=O)C=CSc1ncccc1[N+](=O)[O-]. The van der Waals surface area contributed by atoms with Crippen molar-refractivity contribution in [2.24, 2.45) is 0 Å². The maximum atomic E-state index is 11.0. The van der Waals surface area contributed by atoms with Crippen molar-refractivity contribution in [2.45, 2.75) is 11.9 Å². The van der Waals surface area contributed by atoms with Crippen LogP contribution in [0.5, 0.6) is 0 Å². The van der Waals surface area contributed by atoms with Gasteiger partial charge in [0.15, 0.2) is 5.03 Å². The smallest absolute Gasteiger partial charge is 0.331 e. The number of ether oxygens (including phenoxy) is 1. The number of nitrogens with zero attached hydrogens (tertiary/aromatic N) is 2. The van der Waals surface area contributed by atoms with Gasteiger partial charge in [0.05, 0.1) is 11.5 Å². The molecule has 0 atom stereocenters. The van der Waals surface area contributed by atoms with Crippen LogP contribution in [0.25, 0.3) is 0 Å². The first kappa shape index (κ1) is 13.2. The van der Waals surface area contributed by atoms with Crippen LogP contribution in [0, 0.1) is 10.1 Å². The van der Waals surface area contributed by atoms with Crippen LogP contribution >= 0.6 is 11.8 Å². The van der Waals surface area contributed by atoms with E-state index in [9.17, 15) is 14.9 Å². The summed E-state index contributed by atoms with van der Waals surface area (Å²) in [5.74, 6) is -0.487. The first-order valence-corrected chi connectivity index (χ1v) is 5.62. The Morgan fingerprint density at radius 2 is 2.47 bits per heavy atom. The van der Waals surface area contributed by atoms with Crippen molar-refractivity contribution < 1.29 is 14.5 Å². The number of carbonyl (C=O) groups is 1. The summed E-state index contributed by atoms with van der Waals surface area (Å²) in [6.45, 7) is 1.99. The zero-order valence-electron chi connectivity index (χ0n) is 9.03. The van der Waals surface area contributed by atoms with E-state index >= 15 is 0 Å². The van der Waals surface area contributed by atoms with E-state index in [2.05, 4.69) is 9.72 Å². The summed E-state index contributed by atoms with van der Waals surface area (Å²) in [6, 6.07) is 2.84. The standard InChI is InChI=1S/C10H10N2O4S/c1-2-16-9(13)5-7-17-10-8(12(14)15)4-3-6-11-10/h3-7H,2H2,1H3. The molecule has 0 saturated carbocycles. The maximum Gasteiger partial charge on any atom is 0.331 e. The quantitative estimate of drug-likeness (QED) is 0.263. The molecule has 1 aromatic rings. The minimum Gasteiger partial charge on any atom is -0.463 e. The lowest BCUT2D eigenvalue weighted by atomic mass is 10.4. The lowest BCUT2D eigenvalue weighted by molar-refractivity contribution is -0.388. The van der Waals surface area contributed by atoms with Gasteiger partial charge in [-0.15, -0.1) is 0 Å². The van der Waals surface area contributed by atoms with Crippen LogP contribution < -0.4 is 0 Å². The molecule has 7 heteroatoms. The Balaban J connectivity index is 2.69. The minimum absolute atomic E-state index is 0.0917. The van der Waals surface area contributed by atoms with E-state index in [1.165, 1.54) is 29.8 Å². The number of hydrogen-bond acceptors (Lipinski definition) is 6. The second kappa shape index (κ2) is 6.64. The number of rotatable bonds is 5. The molecule has 0 aliphatic carbocycles. The molecular weight excluding hydrogens is 244 g/mol. The number of nitro groups is 1. The Morgan fingerprint density at radius 3 is 3.12 bits per heavy atom. The maximum absolute atomic E-state index is 11.0. The predicted octanol–water partition coefficient (Wildman–Crippen LogP) is 2.16. The first-order valence-electron chi connectivity index (χ1n) is 4.74. The molecule has 6 nitrogen and oxygen atoms in total. The number of esters is 1. The van der Waals surface area contributed by atoms with Gasteiger partial charge in [-0.2, -0.15) is 0 Å². The molecule has 0 fully saturated rings. The van der Waals surface area contributed by atoms with Gasteiger partial charge in [-0.3, -0.25) is 10.1 Å². The molecule has 17 heavy (non-hydrogen) atoms. The van der Waals surface area contributed by atoms with Crippen molar-refractivity contribution in [1.29, 1.82) is 0 Å². The van der Waals surface area contributed by atoms with Gasteiger partial charge in [0, 0.05) is 18.3 Å². The Labute approximate surface area is 102 Å². The summed E-state index contributed by atoms with van der Waals surface area (Å²) in [6.07, 6.45) is 2.65. The van der Waals surface area contributed by atoms with E-state index in [0.717, 1.165) is 11.8 Å². The molecule has 0 unspecified atom stereocenters. The Morgan fingerprint density at radius 1 is 1.71 bits per heavy atom. The number of thioether (sulfide) groups is 1. The average molecular weight is 254 g/mol. The third-order valence-electron chi connectivity index (χ3n) is 1.62. The summed E-state index contributed by atoms with van der Waals surface area (Å²) in [4.78, 5) is 25.0. The predicted molar refractivity (Wildman–Crippen MR) is 62.5 cm³/mol. The second-order valence-corrected chi connectivity index (χ2v) is 3.65. The Hall–Kier alpha value is -1.89. The molecule has 0 aromatic carbocycles. The van der Waals surface area contributed by atoms with E-state index in [4.69, 9.17) is 0 Å². The highest BCUT2D eigenvalue weighted by Crippen LogP contribution is 2.26.